The minimum atomic E-state index is -2.22. The van der Waals surface area contributed by atoms with Gasteiger partial charge >= 0.3 is 5.97 Å². The van der Waals surface area contributed by atoms with Crippen molar-refractivity contribution in [2.45, 2.75) is 51.4 Å². The maximum Gasteiger partial charge on any atom is 0.339 e. The number of hydrogen-bond acceptors (Lipinski definition) is 4. The standard InChI is InChI=1S/C13H23NO4Si/c1-9(2)7-10(5-6-14)8-11(15)13(18,12(16)17)19(3)4/h9-10,18-19H,5,7-8H2,1-4H3,(H,16,17)/t10-,13?/m0/s1. The molecule has 0 saturated carbocycles. The number of nitriles is 1. The van der Waals surface area contributed by atoms with E-state index in [-0.39, 0.29) is 18.8 Å². The van der Waals surface area contributed by atoms with Crippen LogP contribution >= 0.6 is 0 Å². The van der Waals surface area contributed by atoms with Crippen LogP contribution in [0, 0.1) is 23.2 Å². The van der Waals surface area contributed by atoms with Crippen molar-refractivity contribution < 1.29 is 19.8 Å². The maximum absolute atomic E-state index is 12.1. The summed E-state index contributed by atoms with van der Waals surface area (Å²) in [7, 11) is -2.11. The molecule has 0 aliphatic heterocycles. The van der Waals surface area contributed by atoms with Gasteiger partial charge in [-0.1, -0.05) is 26.9 Å². The van der Waals surface area contributed by atoms with Crippen molar-refractivity contribution in [1.82, 2.24) is 0 Å². The summed E-state index contributed by atoms with van der Waals surface area (Å²) in [6.07, 6.45) is 0.841. The first-order valence-corrected chi connectivity index (χ1v) is 9.40. The van der Waals surface area contributed by atoms with Crippen LogP contribution in [0.2, 0.25) is 13.1 Å². The predicted molar refractivity (Wildman–Crippen MR) is 74.3 cm³/mol. The van der Waals surface area contributed by atoms with E-state index < -0.39 is 25.8 Å². The Morgan fingerprint density at radius 1 is 1.37 bits per heavy atom. The molecule has 0 aromatic heterocycles. The Bertz CT molecular complexity index is 375. The molecule has 5 nitrogen and oxygen atoms in total. The molecular formula is C13H23NO4Si. The molecule has 0 aromatic rings. The van der Waals surface area contributed by atoms with Crippen LogP contribution in [0.5, 0.6) is 0 Å². The number of nitrogens with zero attached hydrogens (tertiary/aromatic N) is 1. The minimum Gasteiger partial charge on any atom is -0.479 e. The van der Waals surface area contributed by atoms with Gasteiger partial charge in [-0.3, -0.25) is 4.79 Å². The first-order valence-electron chi connectivity index (χ1n) is 6.52. The van der Waals surface area contributed by atoms with Crippen LogP contribution in [0.25, 0.3) is 0 Å². The summed E-state index contributed by atoms with van der Waals surface area (Å²) in [6, 6.07) is 2.02. The highest BCUT2D eigenvalue weighted by molar-refractivity contribution is 6.69. The summed E-state index contributed by atoms with van der Waals surface area (Å²) < 4.78 is 0. The maximum atomic E-state index is 12.1. The molecule has 0 radical (unpaired) electrons. The van der Waals surface area contributed by atoms with Crippen LogP contribution in [0.1, 0.15) is 33.1 Å². The van der Waals surface area contributed by atoms with Crippen molar-refractivity contribution in [2.75, 3.05) is 0 Å². The van der Waals surface area contributed by atoms with Crippen molar-refractivity contribution >= 4 is 20.5 Å². The lowest BCUT2D eigenvalue weighted by atomic mass is 9.89. The van der Waals surface area contributed by atoms with Crippen molar-refractivity contribution in [3.05, 3.63) is 0 Å². The lowest BCUT2D eigenvalue weighted by Crippen LogP contribution is -2.56. The number of carbonyl (C=O) groups is 2. The first-order chi connectivity index (χ1) is 8.66. The van der Waals surface area contributed by atoms with Gasteiger partial charge in [0, 0.05) is 12.8 Å². The van der Waals surface area contributed by atoms with Crippen LogP contribution in [0.3, 0.4) is 0 Å². The van der Waals surface area contributed by atoms with E-state index in [1.54, 1.807) is 13.1 Å². The van der Waals surface area contributed by atoms with Crippen LogP contribution in [0.4, 0.5) is 0 Å². The number of aliphatic carboxylic acids is 1. The predicted octanol–water partition coefficient (Wildman–Crippen LogP) is 1.36. The zero-order valence-corrected chi connectivity index (χ0v) is 13.2. The van der Waals surface area contributed by atoms with Gasteiger partial charge in [0.25, 0.3) is 0 Å². The molecule has 0 heterocycles. The van der Waals surface area contributed by atoms with Crippen molar-refractivity contribution in [3.8, 4) is 6.07 Å². The molecule has 0 aliphatic carbocycles. The van der Waals surface area contributed by atoms with Crippen LogP contribution in [-0.4, -0.2) is 36.0 Å². The van der Waals surface area contributed by atoms with Gasteiger partial charge in [-0.2, -0.15) is 5.26 Å². The average Bonchev–Trinajstić information content (AvgIpc) is 2.26. The zero-order chi connectivity index (χ0) is 15.2. The quantitative estimate of drug-likeness (QED) is 0.518. The van der Waals surface area contributed by atoms with Crippen molar-refractivity contribution in [1.29, 1.82) is 5.26 Å². The largest absolute Gasteiger partial charge is 0.479 e. The lowest BCUT2D eigenvalue weighted by Gasteiger charge is -2.27. The van der Waals surface area contributed by atoms with Crippen LogP contribution < -0.4 is 0 Å². The Morgan fingerprint density at radius 3 is 2.21 bits per heavy atom. The monoisotopic (exact) mass is 285 g/mol. The average molecular weight is 285 g/mol. The molecular weight excluding hydrogens is 262 g/mol. The molecule has 0 amide bonds. The Morgan fingerprint density at radius 2 is 1.89 bits per heavy atom. The van der Waals surface area contributed by atoms with E-state index in [9.17, 15) is 14.7 Å². The molecule has 1 unspecified atom stereocenters. The summed E-state index contributed by atoms with van der Waals surface area (Å²) in [6.45, 7) is 7.23. The Labute approximate surface area is 115 Å². The second-order valence-electron chi connectivity index (χ2n) is 5.71. The Kier molecular flexibility index (Phi) is 6.94. The number of rotatable bonds is 8. The minimum absolute atomic E-state index is 0.0419. The zero-order valence-electron chi connectivity index (χ0n) is 12.0. The molecule has 0 aromatic carbocycles. The summed E-state index contributed by atoms with van der Waals surface area (Å²) >= 11 is 0. The molecule has 0 aliphatic rings. The van der Waals surface area contributed by atoms with E-state index in [1.165, 1.54) is 0 Å². The van der Waals surface area contributed by atoms with E-state index in [2.05, 4.69) is 0 Å². The van der Waals surface area contributed by atoms with Gasteiger partial charge in [-0.25, -0.2) is 4.79 Å². The molecule has 6 heteroatoms. The van der Waals surface area contributed by atoms with Crippen LogP contribution in [0.15, 0.2) is 0 Å². The van der Waals surface area contributed by atoms with E-state index in [0.29, 0.717) is 12.3 Å². The van der Waals surface area contributed by atoms with Gasteiger partial charge in [-0.15, -0.1) is 0 Å². The lowest BCUT2D eigenvalue weighted by molar-refractivity contribution is -0.157. The van der Waals surface area contributed by atoms with Crippen molar-refractivity contribution in [3.63, 3.8) is 0 Å². The first kappa shape index (κ1) is 17.8. The highest BCUT2D eigenvalue weighted by atomic mass is 28.3. The Hall–Kier alpha value is -1.19. The molecule has 0 fully saturated rings. The van der Waals surface area contributed by atoms with E-state index >= 15 is 0 Å². The highest BCUT2D eigenvalue weighted by Crippen LogP contribution is 2.24. The van der Waals surface area contributed by atoms with Gasteiger partial charge in [0.2, 0.25) is 5.22 Å². The summed E-state index contributed by atoms with van der Waals surface area (Å²) in [5.41, 5.74) is 0. The third kappa shape index (κ3) is 4.77. The molecule has 0 rings (SSSR count). The van der Waals surface area contributed by atoms with Gasteiger partial charge in [0.1, 0.15) is 0 Å². The topological polar surface area (TPSA) is 98.4 Å². The van der Waals surface area contributed by atoms with E-state index in [4.69, 9.17) is 10.4 Å². The third-order valence-corrected chi connectivity index (χ3v) is 5.49. The third-order valence-electron chi connectivity index (χ3n) is 3.25. The van der Waals surface area contributed by atoms with Gasteiger partial charge in [-0.05, 0) is 18.3 Å². The number of aliphatic hydroxyl groups is 1. The van der Waals surface area contributed by atoms with E-state index in [1.807, 2.05) is 19.9 Å². The molecule has 0 saturated heterocycles. The fourth-order valence-electron chi connectivity index (χ4n) is 2.14. The molecule has 0 spiro atoms. The smallest absolute Gasteiger partial charge is 0.339 e. The molecule has 2 atom stereocenters. The van der Waals surface area contributed by atoms with Gasteiger partial charge in [0.05, 0.1) is 14.9 Å². The SMILES string of the molecule is CC(C)C[C@H](CC#N)CC(=O)C(O)(C(=O)O)[SiH](C)C. The number of Topliss-reactive ketones (excluding diaryl/α,β-unsaturated/α-hetero) is 1. The fraction of sp³-hybridized carbons (Fsp3) is 0.769. The number of carboxylic acid groups (broad SMARTS) is 1. The highest BCUT2D eigenvalue weighted by Gasteiger charge is 2.47. The molecule has 19 heavy (non-hydrogen) atoms. The van der Waals surface area contributed by atoms with Gasteiger partial charge in [0.15, 0.2) is 5.78 Å². The molecule has 0 bridgehead atoms. The van der Waals surface area contributed by atoms with Crippen LogP contribution in [-0.2, 0) is 9.59 Å². The summed E-state index contributed by atoms with van der Waals surface area (Å²) in [4.78, 5) is 23.3. The van der Waals surface area contributed by atoms with Crippen molar-refractivity contribution in [2.24, 2.45) is 11.8 Å². The molecule has 108 valence electrons. The summed E-state index contributed by atoms with van der Waals surface area (Å²) in [5, 5.41) is 25.7. The molecule has 2 N–H and O–H groups in total. The van der Waals surface area contributed by atoms with Gasteiger partial charge < -0.3 is 10.2 Å². The normalized spacial score (nSPS) is 15.9. The fourth-order valence-corrected chi connectivity index (χ4v) is 3.40. The number of hydrogen-bond donors (Lipinski definition) is 2. The second-order valence-corrected chi connectivity index (χ2v) is 8.86. The number of carbonyl (C=O) groups excluding carboxylic acids is 1. The number of ketones is 1. The summed E-state index contributed by atoms with van der Waals surface area (Å²) in [5.74, 6) is -1.97. The Balaban J connectivity index is 4.98. The number of carboxylic acids is 1. The second kappa shape index (κ2) is 7.41. The van der Waals surface area contributed by atoms with E-state index in [0.717, 1.165) is 0 Å².